The molecule has 0 amide bonds. The van der Waals surface area contributed by atoms with Gasteiger partial charge in [0, 0.05) is 12.1 Å². The molecule has 0 aliphatic heterocycles. The lowest BCUT2D eigenvalue weighted by atomic mass is 10.1. The standard InChI is InChI=1S/C16H4N6O4S/c17-5-9-1-13(21(23)24)15(3-11(9)7-19)27-16-4-12(8-20)10(6-18)2-14(16)22(25)26/h1-4H. The topological polar surface area (TPSA) is 181 Å². The number of benzene rings is 2. The van der Waals surface area contributed by atoms with Gasteiger partial charge in [0.25, 0.3) is 11.4 Å². The maximum atomic E-state index is 11.3. The van der Waals surface area contributed by atoms with Gasteiger partial charge in [-0.05, 0) is 12.1 Å². The van der Waals surface area contributed by atoms with E-state index in [0.717, 1.165) is 24.3 Å². The molecule has 0 aliphatic rings. The van der Waals surface area contributed by atoms with Gasteiger partial charge in [-0.1, -0.05) is 11.8 Å². The molecule has 0 spiro atoms. The van der Waals surface area contributed by atoms with E-state index in [0.29, 0.717) is 11.8 Å². The molecule has 2 aromatic carbocycles. The molecule has 128 valence electrons. The summed E-state index contributed by atoms with van der Waals surface area (Å²) in [6, 6.07) is 10.8. The van der Waals surface area contributed by atoms with Gasteiger partial charge in [-0.2, -0.15) is 21.0 Å². The molecule has 0 atom stereocenters. The van der Waals surface area contributed by atoms with Crippen LogP contribution in [0.15, 0.2) is 34.1 Å². The molecule has 0 unspecified atom stereocenters. The number of hydrogen-bond donors (Lipinski definition) is 0. The second-order valence-corrected chi connectivity index (χ2v) is 5.88. The second-order valence-electron chi connectivity index (χ2n) is 4.79. The maximum Gasteiger partial charge on any atom is 0.284 e. The van der Waals surface area contributed by atoms with Crippen LogP contribution < -0.4 is 0 Å². The first kappa shape index (κ1) is 18.9. The van der Waals surface area contributed by atoms with Gasteiger partial charge in [0.2, 0.25) is 0 Å². The van der Waals surface area contributed by atoms with E-state index >= 15 is 0 Å². The van der Waals surface area contributed by atoms with Crippen LogP contribution >= 0.6 is 11.8 Å². The zero-order valence-corrected chi connectivity index (χ0v) is 13.9. The molecule has 0 fully saturated rings. The average Bonchev–Trinajstić information content (AvgIpc) is 2.66. The van der Waals surface area contributed by atoms with Gasteiger partial charge >= 0.3 is 0 Å². The maximum absolute atomic E-state index is 11.3. The quantitative estimate of drug-likeness (QED) is 0.571. The summed E-state index contributed by atoms with van der Waals surface area (Å²) in [6.07, 6.45) is 0. The van der Waals surface area contributed by atoms with E-state index in [1.807, 2.05) is 0 Å². The molecular weight excluding hydrogens is 372 g/mol. The zero-order chi connectivity index (χ0) is 20.1. The minimum atomic E-state index is -0.787. The van der Waals surface area contributed by atoms with Gasteiger partial charge in [0.1, 0.15) is 24.3 Å². The number of nitriles is 4. The van der Waals surface area contributed by atoms with Crippen molar-refractivity contribution in [1.82, 2.24) is 0 Å². The molecule has 0 aliphatic carbocycles. The van der Waals surface area contributed by atoms with Crippen molar-refractivity contribution in [2.45, 2.75) is 9.79 Å². The third-order valence-electron chi connectivity index (χ3n) is 3.29. The molecule has 0 N–H and O–H groups in total. The summed E-state index contributed by atoms with van der Waals surface area (Å²) in [5.74, 6) is 0. The van der Waals surface area contributed by atoms with Crippen LogP contribution in [0.4, 0.5) is 11.4 Å². The molecular formula is C16H4N6O4S. The number of nitro groups is 2. The zero-order valence-electron chi connectivity index (χ0n) is 13.0. The Morgan fingerprint density at radius 2 is 0.963 bits per heavy atom. The van der Waals surface area contributed by atoms with E-state index in [1.165, 1.54) is 0 Å². The van der Waals surface area contributed by atoms with Crippen LogP contribution in [0.3, 0.4) is 0 Å². The molecule has 2 aromatic rings. The minimum absolute atomic E-state index is 0.118. The summed E-state index contributed by atoms with van der Waals surface area (Å²) >= 11 is 0.591. The molecule has 0 saturated heterocycles. The lowest BCUT2D eigenvalue weighted by molar-refractivity contribution is -0.388. The number of nitro benzene ring substituents is 2. The molecule has 27 heavy (non-hydrogen) atoms. The van der Waals surface area contributed by atoms with E-state index < -0.39 is 21.2 Å². The van der Waals surface area contributed by atoms with Crippen LogP contribution in [0.25, 0.3) is 0 Å². The van der Waals surface area contributed by atoms with Crippen LogP contribution in [-0.2, 0) is 0 Å². The van der Waals surface area contributed by atoms with Crippen molar-refractivity contribution in [2.24, 2.45) is 0 Å². The van der Waals surface area contributed by atoms with Crippen LogP contribution in [0, 0.1) is 65.6 Å². The summed E-state index contributed by atoms with van der Waals surface area (Å²) in [5.41, 5.74) is -1.73. The largest absolute Gasteiger partial charge is 0.284 e. The molecule has 0 bridgehead atoms. The van der Waals surface area contributed by atoms with Crippen molar-refractivity contribution < 1.29 is 9.85 Å². The van der Waals surface area contributed by atoms with E-state index in [1.54, 1.807) is 24.3 Å². The van der Waals surface area contributed by atoms with E-state index in [9.17, 15) is 20.2 Å². The van der Waals surface area contributed by atoms with Gasteiger partial charge < -0.3 is 0 Å². The highest BCUT2D eigenvalue weighted by Crippen LogP contribution is 2.41. The molecule has 0 heterocycles. The smallest absolute Gasteiger partial charge is 0.258 e. The van der Waals surface area contributed by atoms with Gasteiger partial charge in [-0.15, -0.1) is 0 Å². The van der Waals surface area contributed by atoms with Crippen LogP contribution in [0.1, 0.15) is 22.3 Å². The molecule has 2 rings (SSSR count). The van der Waals surface area contributed by atoms with Gasteiger partial charge in [-0.25, -0.2) is 0 Å². The van der Waals surface area contributed by atoms with Gasteiger partial charge in [0.15, 0.2) is 0 Å². The second kappa shape index (κ2) is 7.62. The Kier molecular flexibility index (Phi) is 5.33. The lowest BCUT2D eigenvalue weighted by Crippen LogP contribution is -1.97. The molecule has 0 radical (unpaired) electrons. The highest BCUT2D eigenvalue weighted by Gasteiger charge is 2.24. The fourth-order valence-electron chi connectivity index (χ4n) is 2.07. The first-order valence-corrected chi connectivity index (χ1v) is 7.61. The molecule has 0 saturated carbocycles. The first-order chi connectivity index (χ1) is 12.9. The summed E-state index contributed by atoms with van der Waals surface area (Å²) in [5, 5.41) is 58.8. The summed E-state index contributed by atoms with van der Waals surface area (Å²) < 4.78 is 0. The highest BCUT2D eigenvalue weighted by molar-refractivity contribution is 7.99. The minimum Gasteiger partial charge on any atom is -0.258 e. The van der Waals surface area contributed by atoms with Crippen molar-refractivity contribution in [3.8, 4) is 24.3 Å². The predicted molar refractivity (Wildman–Crippen MR) is 89.2 cm³/mol. The van der Waals surface area contributed by atoms with E-state index in [-0.39, 0.29) is 32.0 Å². The van der Waals surface area contributed by atoms with Crippen molar-refractivity contribution in [2.75, 3.05) is 0 Å². The third-order valence-corrected chi connectivity index (χ3v) is 4.39. The summed E-state index contributed by atoms with van der Waals surface area (Å²) in [7, 11) is 0. The van der Waals surface area contributed by atoms with Gasteiger partial charge in [0.05, 0.1) is 41.9 Å². The number of hydrogen-bond acceptors (Lipinski definition) is 9. The Hall–Kier alpha value is -4.45. The van der Waals surface area contributed by atoms with Crippen LogP contribution in [-0.4, -0.2) is 9.85 Å². The van der Waals surface area contributed by atoms with E-state index in [2.05, 4.69) is 0 Å². The Bertz CT molecular complexity index is 1070. The molecule has 0 aromatic heterocycles. The van der Waals surface area contributed by atoms with Crippen molar-refractivity contribution in [3.63, 3.8) is 0 Å². The Balaban J connectivity index is 2.74. The van der Waals surface area contributed by atoms with Crippen LogP contribution in [0.5, 0.6) is 0 Å². The Morgan fingerprint density at radius 3 is 1.22 bits per heavy atom. The Labute approximate surface area is 155 Å². The normalized spacial score (nSPS) is 9.33. The van der Waals surface area contributed by atoms with Crippen molar-refractivity contribution in [1.29, 1.82) is 21.0 Å². The summed E-state index contributed by atoms with van der Waals surface area (Å²) in [4.78, 5) is 20.8. The van der Waals surface area contributed by atoms with E-state index in [4.69, 9.17) is 21.0 Å². The lowest BCUT2D eigenvalue weighted by Gasteiger charge is -2.07. The van der Waals surface area contributed by atoms with Crippen LogP contribution in [0.2, 0.25) is 0 Å². The fraction of sp³-hybridized carbons (Fsp3) is 0. The van der Waals surface area contributed by atoms with Crippen molar-refractivity contribution in [3.05, 3.63) is 66.7 Å². The Morgan fingerprint density at radius 1 is 0.667 bits per heavy atom. The molecule has 10 nitrogen and oxygen atoms in total. The monoisotopic (exact) mass is 376 g/mol. The first-order valence-electron chi connectivity index (χ1n) is 6.79. The van der Waals surface area contributed by atoms with Crippen molar-refractivity contribution >= 4 is 23.1 Å². The highest BCUT2D eigenvalue weighted by atomic mass is 32.2. The third kappa shape index (κ3) is 3.64. The molecule has 11 heteroatoms. The van der Waals surface area contributed by atoms with Gasteiger partial charge in [-0.3, -0.25) is 20.2 Å². The average molecular weight is 376 g/mol. The fourth-order valence-corrected chi connectivity index (χ4v) is 3.14. The SMILES string of the molecule is N#Cc1cc(Sc2cc(C#N)c(C#N)cc2[N+](=O)[O-])c([N+](=O)[O-])cc1C#N. The number of nitrogens with zero attached hydrogens (tertiary/aromatic N) is 6. The number of rotatable bonds is 4. The summed E-state index contributed by atoms with van der Waals surface area (Å²) in [6.45, 7) is 0. The predicted octanol–water partition coefficient (Wildman–Crippen LogP) is 3.14.